The van der Waals surface area contributed by atoms with Crippen LogP contribution in [0.15, 0.2) is 6.20 Å². The highest BCUT2D eigenvalue weighted by Gasteiger charge is 1.94. The zero-order chi connectivity index (χ0) is 10.2. The van der Waals surface area contributed by atoms with Gasteiger partial charge >= 0.3 is 0 Å². The highest BCUT2D eigenvalue weighted by molar-refractivity contribution is 5.25. The predicted octanol–water partition coefficient (Wildman–Crippen LogP) is 1.95. The Morgan fingerprint density at radius 2 is 2.36 bits per heavy atom. The summed E-state index contributed by atoms with van der Waals surface area (Å²) >= 11 is 0. The summed E-state index contributed by atoms with van der Waals surface area (Å²) in [6.07, 6.45) is 3.92. The Hall–Kier alpha value is -1.03. The van der Waals surface area contributed by atoms with Crippen molar-refractivity contribution < 1.29 is 4.74 Å². The summed E-state index contributed by atoms with van der Waals surface area (Å²) in [4.78, 5) is 7.26. The largest absolute Gasteiger partial charge is 0.381 e. The lowest BCUT2D eigenvalue weighted by atomic mass is 10.4. The Morgan fingerprint density at radius 3 is 3.00 bits per heavy atom. The number of nitrogens with one attached hydrogen (secondary N) is 2. The Bertz CT molecular complexity index is 247. The smallest absolute Gasteiger partial charge is 0.200 e. The number of hydrogen-bond acceptors (Lipinski definition) is 3. The third kappa shape index (κ3) is 4.28. The first kappa shape index (κ1) is 11.0. The van der Waals surface area contributed by atoms with Crippen molar-refractivity contribution in [2.24, 2.45) is 0 Å². The molecular weight excluding hydrogens is 178 g/mol. The van der Waals surface area contributed by atoms with Crippen molar-refractivity contribution in [1.82, 2.24) is 9.97 Å². The van der Waals surface area contributed by atoms with E-state index in [1.807, 2.05) is 13.1 Å². The number of aryl methyl sites for hydroxylation is 1. The number of aromatic nitrogens is 2. The van der Waals surface area contributed by atoms with Crippen LogP contribution in [0.5, 0.6) is 0 Å². The minimum absolute atomic E-state index is 0.820. The fourth-order valence-electron chi connectivity index (χ4n) is 1.13. The molecule has 1 aromatic rings. The van der Waals surface area contributed by atoms with E-state index in [0.717, 1.165) is 44.2 Å². The zero-order valence-corrected chi connectivity index (χ0v) is 8.97. The first-order chi connectivity index (χ1) is 6.83. The maximum Gasteiger partial charge on any atom is 0.200 e. The molecule has 0 atom stereocenters. The van der Waals surface area contributed by atoms with Crippen molar-refractivity contribution in [3.05, 3.63) is 11.9 Å². The molecule has 2 N–H and O–H groups in total. The molecule has 0 unspecified atom stereocenters. The Balaban J connectivity index is 1.99. The summed E-state index contributed by atoms with van der Waals surface area (Å²) in [5, 5.41) is 3.20. The van der Waals surface area contributed by atoms with Crippen molar-refractivity contribution in [2.75, 3.05) is 25.1 Å². The fourth-order valence-corrected chi connectivity index (χ4v) is 1.13. The van der Waals surface area contributed by atoms with Crippen LogP contribution in [0.4, 0.5) is 5.95 Å². The minimum Gasteiger partial charge on any atom is -0.381 e. The number of hydrogen-bond donors (Lipinski definition) is 2. The molecule has 0 aliphatic heterocycles. The van der Waals surface area contributed by atoms with Crippen molar-refractivity contribution in [2.45, 2.75) is 26.7 Å². The first-order valence-corrected chi connectivity index (χ1v) is 5.16. The second-order valence-corrected chi connectivity index (χ2v) is 3.31. The summed E-state index contributed by atoms with van der Waals surface area (Å²) in [7, 11) is 0. The standard InChI is InChI=1S/C10H19N3O/c1-3-6-14-7-4-5-11-10-12-8-9(2)13-10/h8H,3-7H2,1-2H3,(H2,11,12,13). The topological polar surface area (TPSA) is 49.9 Å². The summed E-state index contributed by atoms with van der Waals surface area (Å²) in [6.45, 7) is 6.68. The Kier molecular flexibility index (Phi) is 5.07. The first-order valence-electron chi connectivity index (χ1n) is 5.16. The molecule has 0 bridgehead atoms. The van der Waals surface area contributed by atoms with Gasteiger partial charge in [0, 0.05) is 31.6 Å². The van der Waals surface area contributed by atoms with E-state index >= 15 is 0 Å². The van der Waals surface area contributed by atoms with Gasteiger partial charge in [-0.1, -0.05) is 6.92 Å². The van der Waals surface area contributed by atoms with Crippen molar-refractivity contribution in [1.29, 1.82) is 0 Å². The molecule has 0 aliphatic carbocycles. The van der Waals surface area contributed by atoms with E-state index in [9.17, 15) is 0 Å². The summed E-state index contributed by atoms with van der Waals surface area (Å²) < 4.78 is 5.36. The highest BCUT2D eigenvalue weighted by atomic mass is 16.5. The lowest BCUT2D eigenvalue weighted by Gasteiger charge is -2.03. The molecular formula is C10H19N3O. The van der Waals surface area contributed by atoms with E-state index < -0.39 is 0 Å². The maximum atomic E-state index is 5.36. The van der Waals surface area contributed by atoms with E-state index in [1.165, 1.54) is 0 Å². The number of H-pyrrole nitrogens is 1. The normalized spacial score (nSPS) is 10.4. The van der Waals surface area contributed by atoms with Gasteiger partial charge < -0.3 is 15.0 Å². The van der Waals surface area contributed by atoms with Crippen molar-refractivity contribution in [3.63, 3.8) is 0 Å². The average molecular weight is 197 g/mol. The second kappa shape index (κ2) is 6.43. The van der Waals surface area contributed by atoms with Gasteiger partial charge in [0.1, 0.15) is 0 Å². The zero-order valence-electron chi connectivity index (χ0n) is 8.97. The van der Waals surface area contributed by atoms with Gasteiger partial charge in [-0.05, 0) is 19.8 Å². The van der Waals surface area contributed by atoms with Crippen LogP contribution in [-0.4, -0.2) is 29.7 Å². The van der Waals surface area contributed by atoms with Gasteiger partial charge in [-0.2, -0.15) is 0 Å². The van der Waals surface area contributed by atoms with Crippen LogP contribution in [0.2, 0.25) is 0 Å². The summed E-state index contributed by atoms with van der Waals surface area (Å²) in [5.74, 6) is 0.845. The number of imidazole rings is 1. The molecule has 1 heterocycles. The van der Waals surface area contributed by atoms with Gasteiger partial charge in [0.05, 0.1) is 0 Å². The molecule has 1 aromatic heterocycles. The average Bonchev–Trinajstić information content (AvgIpc) is 2.58. The monoisotopic (exact) mass is 197 g/mol. The third-order valence-corrected chi connectivity index (χ3v) is 1.81. The molecule has 4 heteroatoms. The molecule has 0 radical (unpaired) electrons. The van der Waals surface area contributed by atoms with Gasteiger partial charge in [0.2, 0.25) is 0 Å². The van der Waals surface area contributed by atoms with Crippen LogP contribution >= 0.6 is 0 Å². The van der Waals surface area contributed by atoms with E-state index in [-0.39, 0.29) is 0 Å². The molecule has 0 aliphatic rings. The van der Waals surface area contributed by atoms with Crippen LogP contribution in [0, 0.1) is 6.92 Å². The summed E-state index contributed by atoms with van der Waals surface area (Å²) in [5.41, 5.74) is 1.08. The molecule has 0 fully saturated rings. The molecule has 1 rings (SSSR count). The SMILES string of the molecule is CCCOCCCNc1ncc(C)[nH]1. The maximum absolute atomic E-state index is 5.36. The number of aromatic amines is 1. The predicted molar refractivity (Wildman–Crippen MR) is 57.5 cm³/mol. The van der Waals surface area contributed by atoms with Crippen LogP contribution in [0.1, 0.15) is 25.5 Å². The van der Waals surface area contributed by atoms with Crippen LogP contribution in [0.25, 0.3) is 0 Å². The molecule has 80 valence electrons. The molecule has 0 saturated carbocycles. The van der Waals surface area contributed by atoms with E-state index in [4.69, 9.17) is 4.74 Å². The highest BCUT2D eigenvalue weighted by Crippen LogP contribution is 1.99. The lowest BCUT2D eigenvalue weighted by Crippen LogP contribution is -2.07. The van der Waals surface area contributed by atoms with Crippen molar-refractivity contribution >= 4 is 5.95 Å². The van der Waals surface area contributed by atoms with Crippen LogP contribution in [-0.2, 0) is 4.74 Å². The van der Waals surface area contributed by atoms with E-state index in [1.54, 1.807) is 0 Å². The van der Waals surface area contributed by atoms with Gasteiger partial charge in [0.15, 0.2) is 5.95 Å². The number of nitrogens with zero attached hydrogens (tertiary/aromatic N) is 1. The number of rotatable bonds is 7. The minimum atomic E-state index is 0.820. The second-order valence-electron chi connectivity index (χ2n) is 3.31. The van der Waals surface area contributed by atoms with E-state index in [0.29, 0.717) is 0 Å². The summed E-state index contributed by atoms with van der Waals surface area (Å²) in [6, 6.07) is 0. The third-order valence-electron chi connectivity index (χ3n) is 1.81. The number of anilines is 1. The quantitative estimate of drug-likeness (QED) is 0.657. The van der Waals surface area contributed by atoms with Crippen molar-refractivity contribution in [3.8, 4) is 0 Å². The Morgan fingerprint density at radius 1 is 1.50 bits per heavy atom. The molecule has 0 spiro atoms. The Labute approximate surface area is 85.1 Å². The fraction of sp³-hybridized carbons (Fsp3) is 0.700. The molecule has 0 saturated heterocycles. The molecule has 0 aromatic carbocycles. The van der Waals surface area contributed by atoms with Gasteiger partial charge in [-0.15, -0.1) is 0 Å². The molecule has 14 heavy (non-hydrogen) atoms. The van der Waals surface area contributed by atoms with Gasteiger partial charge in [0.25, 0.3) is 0 Å². The van der Waals surface area contributed by atoms with Gasteiger partial charge in [-0.25, -0.2) is 4.98 Å². The molecule has 0 amide bonds. The lowest BCUT2D eigenvalue weighted by molar-refractivity contribution is 0.134. The van der Waals surface area contributed by atoms with Crippen LogP contribution < -0.4 is 5.32 Å². The number of ether oxygens (including phenoxy) is 1. The van der Waals surface area contributed by atoms with Crippen LogP contribution in [0.3, 0.4) is 0 Å². The molecule has 4 nitrogen and oxygen atoms in total. The van der Waals surface area contributed by atoms with Gasteiger partial charge in [-0.3, -0.25) is 0 Å². The van der Waals surface area contributed by atoms with E-state index in [2.05, 4.69) is 22.2 Å².